The van der Waals surface area contributed by atoms with Gasteiger partial charge in [-0.15, -0.1) is 0 Å². The predicted octanol–water partition coefficient (Wildman–Crippen LogP) is 7.81. The van der Waals surface area contributed by atoms with Crippen LogP contribution in [-0.2, 0) is 33.5 Å². The summed E-state index contributed by atoms with van der Waals surface area (Å²) in [7, 11) is 0. The van der Waals surface area contributed by atoms with Gasteiger partial charge in [0.15, 0.2) is 11.6 Å². The van der Waals surface area contributed by atoms with Gasteiger partial charge in [-0.1, -0.05) is 94.1 Å². The van der Waals surface area contributed by atoms with Crippen molar-refractivity contribution in [3.05, 3.63) is 114 Å². The minimum atomic E-state index is -1.26. The van der Waals surface area contributed by atoms with Crippen molar-refractivity contribution in [3.63, 3.8) is 0 Å². The van der Waals surface area contributed by atoms with Crippen LogP contribution in [0.1, 0.15) is 76.6 Å². The lowest BCUT2D eigenvalue weighted by Gasteiger charge is -2.38. The van der Waals surface area contributed by atoms with E-state index in [2.05, 4.69) is 38.7 Å². The highest BCUT2D eigenvalue weighted by atomic mass is 19.1. The Balaban J connectivity index is 1.69. The molecule has 0 aromatic heterocycles. The molecule has 258 valence electrons. The fraction of sp³-hybridized carbons (Fsp3) is 0.436. The Bertz CT molecular complexity index is 1560. The highest BCUT2D eigenvalue weighted by molar-refractivity contribution is 5.71. The van der Waals surface area contributed by atoms with E-state index in [9.17, 15) is 19.1 Å². The maximum Gasteiger partial charge on any atom is 0.410 e. The Morgan fingerprint density at radius 3 is 2.29 bits per heavy atom. The van der Waals surface area contributed by atoms with Crippen LogP contribution in [0.3, 0.4) is 0 Å². The minimum Gasteiger partial charge on any atom is -0.486 e. The molecule has 48 heavy (non-hydrogen) atoms. The van der Waals surface area contributed by atoms with Crippen LogP contribution >= 0.6 is 0 Å². The molecule has 9 heteroatoms. The molecule has 2 N–H and O–H groups in total. The molecule has 0 unspecified atom stereocenters. The summed E-state index contributed by atoms with van der Waals surface area (Å²) in [5.74, 6) is -0.516. The summed E-state index contributed by atoms with van der Waals surface area (Å²) in [6.07, 6.45) is 0.414. The number of rotatable bonds is 13. The Morgan fingerprint density at radius 1 is 1.00 bits per heavy atom. The second-order valence-corrected chi connectivity index (χ2v) is 14.4. The van der Waals surface area contributed by atoms with Gasteiger partial charge >= 0.3 is 12.2 Å². The fourth-order valence-electron chi connectivity index (χ4n) is 5.81. The van der Waals surface area contributed by atoms with Crippen LogP contribution in [0.15, 0.2) is 85.5 Å². The SMILES string of the molecule is C=CCOc1cc(C[C@H](NC(=O)OC(C)(C)C)[C@H](O)CN(C(=O)OCc2ccccc2)C2(c3ccccc3C(C)(C)C)CC2)ccc1F. The molecule has 0 heterocycles. The van der Waals surface area contributed by atoms with E-state index in [1.165, 1.54) is 18.2 Å². The van der Waals surface area contributed by atoms with Crippen molar-refractivity contribution in [2.75, 3.05) is 13.2 Å². The zero-order valence-corrected chi connectivity index (χ0v) is 28.9. The summed E-state index contributed by atoms with van der Waals surface area (Å²) in [6, 6.07) is 20.9. The Morgan fingerprint density at radius 2 is 1.67 bits per heavy atom. The lowest BCUT2D eigenvalue weighted by molar-refractivity contribution is 0.0228. The molecule has 3 aromatic rings. The number of aliphatic hydroxyl groups excluding tert-OH is 1. The number of alkyl carbamates (subject to hydrolysis) is 1. The number of benzene rings is 3. The van der Waals surface area contributed by atoms with E-state index in [0.29, 0.717) is 18.4 Å². The fourth-order valence-corrected chi connectivity index (χ4v) is 5.81. The molecule has 8 nitrogen and oxygen atoms in total. The van der Waals surface area contributed by atoms with Crippen LogP contribution in [0.4, 0.5) is 14.0 Å². The number of hydrogen-bond acceptors (Lipinski definition) is 6. The van der Waals surface area contributed by atoms with Crippen LogP contribution in [0.2, 0.25) is 0 Å². The van der Waals surface area contributed by atoms with Gasteiger partial charge in [0.05, 0.1) is 24.2 Å². The summed E-state index contributed by atoms with van der Waals surface area (Å²) in [6.45, 7) is 15.3. The van der Waals surface area contributed by atoms with E-state index < -0.39 is 41.3 Å². The highest BCUT2D eigenvalue weighted by Gasteiger charge is 2.54. The van der Waals surface area contributed by atoms with E-state index in [-0.39, 0.29) is 37.3 Å². The maximum absolute atomic E-state index is 14.5. The number of carbonyl (C=O) groups excluding carboxylic acids is 2. The third-order valence-electron chi connectivity index (χ3n) is 8.25. The average molecular weight is 661 g/mol. The quantitative estimate of drug-likeness (QED) is 0.182. The molecule has 1 saturated carbocycles. The van der Waals surface area contributed by atoms with Gasteiger partial charge in [-0.25, -0.2) is 14.0 Å². The summed E-state index contributed by atoms with van der Waals surface area (Å²) in [5.41, 5.74) is 1.83. The van der Waals surface area contributed by atoms with E-state index >= 15 is 0 Å². The van der Waals surface area contributed by atoms with Gasteiger partial charge in [0, 0.05) is 0 Å². The first-order valence-electron chi connectivity index (χ1n) is 16.4. The topological polar surface area (TPSA) is 97.3 Å². The first kappa shape index (κ1) is 36.5. The van der Waals surface area contributed by atoms with Crippen LogP contribution < -0.4 is 10.1 Å². The zero-order chi connectivity index (χ0) is 35.1. The number of halogens is 1. The summed E-state index contributed by atoms with van der Waals surface area (Å²) in [5, 5.41) is 14.7. The van der Waals surface area contributed by atoms with Crippen molar-refractivity contribution in [2.24, 2.45) is 0 Å². The Labute approximate surface area is 283 Å². The standard InChI is InChI=1S/C39H49FN2O6/c1-8-22-46-34-24-28(18-19-31(34)40)23-32(41-35(44)48-38(5,6)7)33(43)25-42(36(45)47-26-27-14-10-9-11-15-27)39(20-21-39)30-17-13-12-16-29(30)37(2,3)4/h8-19,24,32-33,43H,1,20-23,25-26H2,2-7H3,(H,41,44)/t32-,33+/m0/s1. The molecule has 0 aliphatic heterocycles. The number of nitrogens with zero attached hydrogens (tertiary/aromatic N) is 1. The zero-order valence-electron chi connectivity index (χ0n) is 28.9. The van der Waals surface area contributed by atoms with E-state index in [1.54, 1.807) is 31.7 Å². The average Bonchev–Trinajstić information content (AvgIpc) is 3.83. The third-order valence-corrected chi connectivity index (χ3v) is 8.25. The van der Waals surface area contributed by atoms with Gasteiger partial charge in [0.25, 0.3) is 0 Å². The van der Waals surface area contributed by atoms with Crippen molar-refractivity contribution >= 4 is 12.2 Å². The molecule has 3 aromatic carbocycles. The van der Waals surface area contributed by atoms with Gasteiger partial charge < -0.3 is 24.6 Å². The van der Waals surface area contributed by atoms with Crippen LogP contribution in [0.25, 0.3) is 0 Å². The van der Waals surface area contributed by atoms with Crippen molar-refractivity contribution in [1.82, 2.24) is 10.2 Å². The molecule has 0 bridgehead atoms. The molecule has 4 rings (SSSR count). The molecule has 2 atom stereocenters. The van der Waals surface area contributed by atoms with Crippen molar-refractivity contribution in [1.29, 1.82) is 0 Å². The molecule has 2 amide bonds. The molecule has 1 fully saturated rings. The lowest BCUT2D eigenvalue weighted by Crippen LogP contribution is -2.53. The van der Waals surface area contributed by atoms with Crippen LogP contribution in [-0.4, -0.2) is 53.1 Å². The number of nitrogens with one attached hydrogen (secondary N) is 1. The lowest BCUT2D eigenvalue weighted by atomic mass is 9.80. The Kier molecular flexibility index (Phi) is 11.6. The molecule has 0 radical (unpaired) electrons. The van der Waals surface area contributed by atoms with E-state index in [1.807, 2.05) is 48.5 Å². The molecule has 1 aliphatic carbocycles. The second-order valence-electron chi connectivity index (χ2n) is 14.4. The molecular weight excluding hydrogens is 611 g/mol. The number of aliphatic hydroxyl groups is 1. The molecular formula is C39H49FN2O6. The van der Waals surface area contributed by atoms with E-state index in [0.717, 1.165) is 16.7 Å². The second kappa shape index (κ2) is 15.2. The number of ether oxygens (including phenoxy) is 3. The normalized spacial score (nSPS) is 15.1. The summed E-state index contributed by atoms with van der Waals surface area (Å²) in [4.78, 5) is 28.7. The minimum absolute atomic E-state index is 0.0275. The molecule has 0 spiro atoms. The van der Waals surface area contributed by atoms with E-state index in [4.69, 9.17) is 14.2 Å². The number of amides is 2. The maximum atomic E-state index is 14.5. The number of carbonyl (C=O) groups is 2. The van der Waals surface area contributed by atoms with Crippen molar-refractivity contribution in [2.45, 2.75) is 96.1 Å². The van der Waals surface area contributed by atoms with Gasteiger partial charge in [-0.3, -0.25) is 4.90 Å². The van der Waals surface area contributed by atoms with Crippen molar-refractivity contribution in [3.8, 4) is 5.75 Å². The van der Waals surface area contributed by atoms with Crippen LogP contribution in [0, 0.1) is 5.82 Å². The van der Waals surface area contributed by atoms with Gasteiger partial charge in [0.1, 0.15) is 18.8 Å². The monoisotopic (exact) mass is 660 g/mol. The first-order chi connectivity index (χ1) is 22.6. The largest absolute Gasteiger partial charge is 0.486 e. The summed E-state index contributed by atoms with van der Waals surface area (Å²) >= 11 is 0. The first-order valence-corrected chi connectivity index (χ1v) is 16.4. The van der Waals surface area contributed by atoms with Crippen molar-refractivity contribution < 1.29 is 33.3 Å². The Hall–Kier alpha value is -4.37. The smallest absolute Gasteiger partial charge is 0.410 e. The highest BCUT2D eigenvalue weighted by Crippen LogP contribution is 2.54. The number of hydrogen-bond donors (Lipinski definition) is 2. The predicted molar refractivity (Wildman–Crippen MR) is 184 cm³/mol. The molecule has 1 aliphatic rings. The summed E-state index contributed by atoms with van der Waals surface area (Å²) < 4.78 is 31.4. The van der Waals surface area contributed by atoms with Gasteiger partial charge in [-0.2, -0.15) is 0 Å². The molecule has 0 saturated heterocycles. The van der Waals surface area contributed by atoms with Gasteiger partial charge in [-0.05, 0) is 79.8 Å². The van der Waals surface area contributed by atoms with Gasteiger partial charge in [0.2, 0.25) is 0 Å². The van der Waals surface area contributed by atoms with Crippen LogP contribution in [0.5, 0.6) is 5.75 Å². The third kappa shape index (κ3) is 9.60.